The second-order valence-corrected chi connectivity index (χ2v) is 4.93. The number of rotatable bonds is 5. The number of hydrogen-bond acceptors (Lipinski definition) is 2. The summed E-state index contributed by atoms with van der Waals surface area (Å²) in [5.74, 6) is 0.222. The number of aliphatic hydroxyl groups is 1. The molecular formula is C14H18FNO2. The maximum absolute atomic E-state index is 13.2. The number of benzene rings is 1. The summed E-state index contributed by atoms with van der Waals surface area (Å²) in [6.45, 7) is 1.99. The molecule has 0 saturated heterocycles. The van der Waals surface area contributed by atoms with Crippen LogP contribution < -0.4 is 5.32 Å². The molecule has 1 aromatic rings. The van der Waals surface area contributed by atoms with Crippen LogP contribution in [-0.2, 0) is 17.9 Å². The lowest BCUT2D eigenvalue weighted by Crippen LogP contribution is -2.29. The van der Waals surface area contributed by atoms with Crippen molar-refractivity contribution < 1.29 is 14.3 Å². The van der Waals surface area contributed by atoms with E-state index in [1.165, 1.54) is 6.07 Å². The van der Waals surface area contributed by atoms with E-state index < -0.39 is 5.82 Å². The minimum absolute atomic E-state index is 0.0485. The molecule has 0 spiro atoms. The Morgan fingerprint density at radius 1 is 1.56 bits per heavy atom. The van der Waals surface area contributed by atoms with Crippen LogP contribution in [0.15, 0.2) is 18.2 Å². The Labute approximate surface area is 106 Å². The molecule has 0 bridgehead atoms. The Hall–Kier alpha value is -1.42. The quantitative estimate of drug-likeness (QED) is 0.840. The molecule has 1 aliphatic carbocycles. The van der Waals surface area contributed by atoms with E-state index in [9.17, 15) is 9.18 Å². The van der Waals surface area contributed by atoms with Crippen molar-refractivity contribution in [3.63, 3.8) is 0 Å². The Balaban J connectivity index is 1.91. The predicted molar refractivity (Wildman–Crippen MR) is 66.1 cm³/mol. The lowest BCUT2D eigenvalue weighted by molar-refractivity contribution is -0.125. The van der Waals surface area contributed by atoms with Gasteiger partial charge < -0.3 is 10.4 Å². The Bertz CT molecular complexity index is 443. The fourth-order valence-electron chi connectivity index (χ4n) is 2.02. The first-order chi connectivity index (χ1) is 8.61. The van der Waals surface area contributed by atoms with E-state index in [-0.39, 0.29) is 24.0 Å². The maximum Gasteiger partial charge on any atom is 0.223 e. The minimum atomic E-state index is -0.418. The molecular weight excluding hydrogens is 233 g/mol. The van der Waals surface area contributed by atoms with E-state index in [1.807, 2.05) is 6.92 Å². The molecule has 1 unspecified atom stereocenters. The van der Waals surface area contributed by atoms with Crippen LogP contribution in [0.2, 0.25) is 0 Å². The highest BCUT2D eigenvalue weighted by Gasteiger charge is 2.32. The van der Waals surface area contributed by atoms with E-state index in [4.69, 9.17) is 5.11 Å². The summed E-state index contributed by atoms with van der Waals surface area (Å²) in [5.41, 5.74) is 1.06. The first kappa shape index (κ1) is 13.0. The summed E-state index contributed by atoms with van der Waals surface area (Å²) in [5, 5.41) is 11.8. The lowest BCUT2D eigenvalue weighted by atomic mass is 10.1. The van der Waals surface area contributed by atoms with E-state index in [2.05, 4.69) is 5.32 Å². The van der Waals surface area contributed by atoms with Gasteiger partial charge in [0.2, 0.25) is 5.91 Å². The number of carbonyl (C=O) groups excluding carboxylic acids is 1. The van der Waals surface area contributed by atoms with E-state index in [0.29, 0.717) is 12.5 Å². The normalized spacial score (nSPS) is 16.4. The zero-order chi connectivity index (χ0) is 13.1. The highest BCUT2D eigenvalue weighted by Crippen LogP contribution is 2.36. The molecule has 4 heteroatoms. The number of nitrogens with one attached hydrogen (secondary N) is 1. The molecule has 0 heterocycles. The Kier molecular flexibility index (Phi) is 3.97. The van der Waals surface area contributed by atoms with Gasteiger partial charge in [-0.25, -0.2) is 4.39 Å². The second-order valence-electron chi connectivity index (χ2n) is 4.93. The van der Waals surface area contributed by atoms with Crippen LogP contribution >= 0.6 is 0 Å². The van der Waals surface area contributed by atoms with Crippen molar-refractivity contribution >= 4 is 5.91 Å². The molecule has 1 atom stereocenters. The number of aliphatic hydroxyl groups excluding tert-OH is 1. The van der Waals surface area contributed by atoms with Crippen LogP contribution in [0.25, 0.3) is 0 Å². The molecule has 18 heavy (non-hydrogen) atoms. The van der Waals surface area contributed by atoms with Gasteiger partial charge in [-0.1, -0.05) is 13.0 Å². The van der Waals surface area contributed by atoms with Gasteiger partial charge in [0.15, 0.2) is 0 Å². The van der Waals surface area contributed by atoms with E-state index in [1.54, 1.807) is 12.1 Å². The molecule has 1 aromatic carbocycles. The molecule has 0 aliphatic heterocycles. The first-order valence-electron chi connectivity index (χ1n) is 6.27. The van der Waals surface area contributed by atoms with Crippen molar-refractivity contribution in [3.8, 4) is 0 Å². The van der Waals surface area contributed by atoms with Crippen molar-refractivity contribution in [2.24, 2.45) is 11.8 Å². The van der Waals surface area contributed by atoms with Gasteiger partial charge in [-0.3, -0.25) is 4.79 Å². The number of hydrogen-bond donors (Lipinski definition) is 2. The molecule has 1 fully saturated rings. The van der Waals surface area contributed by atoms with E-state index in [0.717, 1.165) is 18.4 Å². The molecule has 1 saturated carbocycles. The fraction of sp³-hybridized carbons (Fsp3) is 0.500. The number of halogens is 1. The third-order valence-corrected chi connectivity index (χ3v) is 3.49. The van der Waals surface area contributed by atoms with Crippen LogP contribution in [0.4, 0.5) is 4.39 Å². The third kappa shape index (κ3) is 3.07. The van der Waals surface area contributed by atoms with Gasteiger partial charge in [0, 0.05) is 18.0 Å². The van der Waals surface area contributed by atoms with Gasteiger partial charge in [-0.15, -0.1) is 0 Å². The maximum atomic E-state index is 13.2. The van der Waals surface area contributed by atoms with Gasteiger partial charge >= 0.3 is 0 Å². The largest absolute Gasteiger partial charge is 0.392 e. The molecule has 98 valence electrons. The molecule has 0 radical (unpaired) electrons. The molecule has 2 rings (SSSR count). The zero-order valence-corrected chi connectivity index (χ0v) is 10.4. The van der Waals surface area contributed by atoms with Gasteiger partial charge in [0.1, 0.15) is 5.82 Å². The van der Waals surface area contributed by atoms with Crippen molar-refractivity contribution in [1.82, 2.24) is 5.32 Å². The fourth-order valence-corrected chi connectivity index (χ4v) is 2.02. The van der Waals surface area contributed by atoms with Crippen LogP contribution in [0.1, 0.15) is 30.9 Å². The summed E-state index contributed by atoms with van der Waals surface area (Å²) < 4.78 is 13.2. The molecule has 1 aliphatic rings. The van der Waals surface area contributed by atoms with Crippen molar-refractivity contribution in [3.05, 3.63) is 35.1 Å². The van der Waals surface area contributed by atoms with E-state index >= 15 is 0 Å². The standard InChI is InChI=1S/C14H18FNO2/c1-9(11-3-4-11)14(18)16-7-10-2-5-13(15)12(6-10)8-17/h2,5-6,9,11,17H,3-4,7-8H2,1H3,(H,16,18). The molecule has 1 amide bonds. The summed E-state index contributed by atoms with van der Waals surface area (Å²) in [6, 6.07) is 4.52. The van der Waals surface area contributed by atoms with Crippen LogP contribution in [-0.4, -0.2) is 11.0 Å². The monoisotopic (exact) mass is 251 g/mol. The molecule has 0 aromatic heterocycles. The smallest absolute Gasteiger partial charge is 0.223 e. The Morgan fingerprint density at radius 3 is 2.89 bits per heavy atom. The molecule has 3 nitrogen and oxygen atoms in total. The number of carbonyl (C=O) groups is 1. The van der Waals surface area contributed by atoms with Gasteiger partial charge in [0.25, 0.3) is 0 Å². The van der Waals surface area contributed by atoms with Crippen LogP contribution in [0.3, 0.4) is 0 Å². The SMILES string of the molecule is CC(C(=O)NCc1ccc(F)c(CO)c1)C1CC1. The highest BCUT2D eigenvalue weighted by molar-refractivity contribution is 5.78. The summed E-state index contributed by atoms with van der Waals surface area (Å²) >= 11 is 0. The highest BCUT2D eigenvalue weighted by atomic mass is 19.1. The Morgan fingerprint density at radius 2 is 2.28 bits per heavy atom. The summed E-state index contributed by atoms with van der Waals surface area (Å²) in [6.07, 6.45) is 2.28. The first-order valence-corrected chi connectivity index (χ1v) is 6.27. The van der Waals surface area contributed by atoms with Crippen molar-refractivity contribution in [2.45, 2.75) is 32.9 Å². The number of amides is 1. The zero-order valence-electron chi connectivity index (χ0n) is 10.4. The summed E-state index contributed by atoms with van der Waals surface area (Å²) in [7, 11) is 0. The van der Waals surface area contributed by atoms with Crippen LogP contribution in [0, 0.1) is 17.7 Å². The second kappa shape index (κ2) is 5.48. The van der Waals surface area contributed by atoms with Gasteiger partial charge in [-0.2, -0.15) is 0 Å². The van der Waals surface area contributed by atoms with Gasteiger partial charge in [0.05, 0.1) is 6.61 Å². The summed E-state index contributed by atoms with van der Waals surface area (Å²) in [4.78, 5) is 11.8. The lowest BCUT2D eigenvalue weighted by Gasteiger charge is -2.11. The van der Waals surface area contributed by atoms with Crippen molar-refractivity contribution in [2.75, 3.05) is 0 Å². The molecule has 2 N–H and O–H groups in total. The van der Waals surface area contributed by atoms with Crippen molar-refractivity contribution in [1.29, 1.82) is 0 Å². The average Bonchev–Trinajstić information content (AvgIpc) is 3.20. The minimum Gasteiger partial charge on any atom is -0.392 e. The van der Waals surface area contributed by atoms with Gasteiger partial charge in [-0.05, 0) is 36.5 Å². The third-order valence-electron chi connectivity index (χ3n) is 3.49. The predicted octanol–water partition coefficient (Wildman–Crippen LogP) is 1.98. The topological polar surface area (TPSA) is 49.3 Å². The van der Waals surface area contributed by atoms with Crippen LogP contribution in [0.5, 0.6) is 0 Å². The average molecular weight is 251 g/mol.